The van der Waals surface area contributed by atoms with E-state index in [0.717, 1.165) is 0 Å². The number of aliphatic hydroxyl groups is 1. The predicted molar refractivity (Wildman–Crippen MR) is 79.5 cm³/mol. The van der Waals surface area contributed by atoms with Gasteiger partial charge in [0.05, 0.1) is 13.2 Å². The normalized spacial score (nSPS) is 22.2. The van der Waals surface area contributed by atoms with Gasteiger partial charge < -0.3 is 20.5 Å². The molecule has 2 rings (SSSR count). The number of nitrogens with one attached hydrogen (secondary N) is 2. The van der Waals surface area contributed by atoms with Gasteiger partial charge in [0.1, 0.15) is 5.75 Å². The largest absolute Gasteiger partial charge is 0.497 e. The third kappa shape index (κ3) is 4.30. The second kappa shape index (κ2) is 7.59. The number of ether oxygens (including phenoxy) is 1. The van der Waals surface area contributed by atoms with Gasteiger partial charge in [0.15, 0.2) is 0 Å². The van der Waals surface area contributed by atoms with Gasteiger partial charge in [-0.2, -0.15) is 0 Å². The monoisotopic (exact) mass is 318 g/mol. The molecule has 1 saturated heterocycles. The van der Waals surface area contributed by atoms with Crippen molar-refractivity contribution in [3.05, 3.63) is 29.8 Å². The van der Waals surface area contributed by atoms with Crippen LogP contribution in [0.15, 0.2) is 24.3 Å². The third-order valence-corrected chi connectivity index (χ3v) is 3.47. The van der Waals surface area contributed by atoms with Gasteiger partial charge >= 0.3 is 0 Å². The van der Waals surface area contributed by atoms with E-state index in [9.17, 15) is 14.3 Å². The number of hydrogen-bond donors (Lipinski definition) is 3. The summed E-state index contributed by atoms with van der Waals surface area (Å²) in [6, 6.07) is 6.85. The number of carbonyl (C=O) groups excluding carboxylic acids is 1. The standard InChI is InChI=1S/C14H19FN2O3.ClH/c1-20-11-4-2-10(3-5-11)12(18)8-17-13(19)14(15)6-7-16-9-14;/h2-5,12,16,18H,6-9H2,1H3,(H,17,19);1H. The third-order valence-electron chi connectivity index (χ3n) is 3.47. The number of methoxy groups -OCH3 is 1. The number of carbonyl (C=O) groups is 1. The lowest BCUT2D eigenvalue weighted by atomic mass is 10.0. The van der Waals surface area contributed by atoms with Crippen LogP contribution in [0.1, 0.15) is 18.1 Å². The van der Waals surface area contributed by atoms with Crippen LogP contribution in [0.3, 0.4) is 0 Å². The van der Waals surface area contributed by atoms with Gasteiger partial charge in [-0.25, -0.2) is 4.39 Å². The minimum atomic E-state index is -1.86. The van der Waals surface area contributed by atoms with Gasteiger partial charge in [0.2, 0.25) is 5.67 Å². The zero-order valence-corrected chi connectivity index (χ0v) is 12.6. The molecule has 1 amide bonds. The van der Waals surface area contributed by atoms with E-state index in [0.29, 0.717) is 17.9 Å². The molecule has 0 spiro atoms. The minimum Gasteiger partial charge on any atom is -0.497 e. The van der Waals surface area contributed by atoms with Crippen LogP contribution in [0, 0.1) is 0 Å². The first-order valence-corrected chi connectivity index (χ1v) is 6.55. The van der Waals surface area contributed by atoms with Crippen molar-refractivity contribution in [3.63, 3.8) is 0 Å². The first kappa shape index (κ1) is 17.7. The molecule has 0 bridgehead atoms. The number of rotatable bonds is 5. The van der Waals surface area contributed by atoms with Crippen molar-refractivity contribution in [3.8, 4) is 5.75 Å². The maximum Gasteiger partial charge on any atom is 0.259 e. The molecule has 1 aromatic carbocycles. The van der Waals surface area contributed by atoms with E-state index in [-0.39, 0.29) is 31.9 Å². The zero-order valence-electron chi connectivity index (χ0n) is 11.8. The number of hydrogen-bond acceptors (Lipinski definition) is 4. The summed E-state index contributed by atoms with van der Waals surface area (Å²) in [5.41, 5.74) is -1.22. The Balaban J connectivity index is 0.00000220. The minimum absolute atomic E-state index is 0. The summed E-state index contributed by atoms with van der Waals surface area (Å²) in [6.07, 6.45) is -0.708. The number of alkyl halides is 1. The molecule has 21 heavy (non-hydrogen) atoms. The lowest BCUT2D eigenvalue weighted by Crippen LogP contribution is -2.46. The molecule has 2 unspecified atom stereocenters. The number of amides is 1. The molecule has 3 N–H and O–H groups in total. The van der Waals surface area contributed by atoms with E-state index in [1.165, 1.54) is 0 Å². The van der Waals surface area contributed by atoms with Crippen LogP contribution in [0.2, 0.25) is 0 Å². The number of halogens is 2. The van der Waals surface area contributed by atoms with E-state index in [1.54, 1.807) is 31.4 Å². The van der Waals surface area contributed by atoms with Crippen LogP contribution in [0.4, 0.5) is 4.39 Å². The van der Waals surface area contributed by atoms with Gasteiger partial charge in [-0.05, 0) is 24.2 Å². The molecule has 118 valence electrons. The average Bonchev–Trinajstić information content (AvgIpc) is 2.92. The van der Waals surface area contributed by atoms with Crippen molar-refractivity contribution in [2.24, 2.45) is 0 Å². The summed E-state index contributed by atoms with van der Waals surface area (Å²) in [4.78, 5) is 11.7. The first-order valence-electron chi connectivity index (χ1n) is 6.55. The Labute approximate surface area is 129 Å². The van der Waals surface area contributed by atoms with Crippen molar-refractivity contribution >= 4 is 18.3 Å². The van der Waals surface area contributed by atoms with E-state index in [4.69, 9.17) is 4.74 Å². The van der Waals surface area contributed by atoms with Crippen LogP contribution in [0.25, 0.3) is 0 Å². The van der Waals surface area contributed by atoms with E-state index < -0.39 is 17.7 Å². The van der Waals surface area contributed by atoms with Crippen LogP contribution in [-0.2, 0) is 4.79 Å². The predicted octanol–water partition coefficient (Wildman–Crippen LogP) is 0.968. The fourth-order valence-electron chi connectivity index (χ4n) is 2.15. The Morgan fingerprint density at radius 1 is 1.52 bits per heavy atom. The van der Waals surface area contributed by atoms with Crippen LogP contribution in [0.5, 0.6) is 5.75 Å². The lowest BCUT2D eigenvalue weighted by Gasteiger charge is -2.19. The molecule has 2 atom stereocenters. The summed E-state index contributed by atoms with van der Waals surface area (Å²) in [5, 5.41) is 15.2. The maximum atomic E-state index is 14.1. The Morgan fingerprint density at radius 3 is 2.71 bits per heavy atom. The average molecular weight is 319 g/mol. The summed E-state index contributed by atoms with van der Waals surface area (Å²) in [5.74, 6) is 0.0137. The highest BCUT2D eigenvalue weighted by atomic mass is 35.5. The van der Waals surface area contributed by atoms with Crippen LogP contribution >= 0.6 is 12.4 Å². The fraction of sp³-hybridized carbons (Fsp3) is 0.500. The fourth-order valence-corrected chi connectivity index (χ4v) is 2.15. The van der Waals surface area contributed by atoms with Gasteiger partial charge in [-0.15, -0.1) is 12.4 Å². The molecule has 0 aliphatic carbocycles. The molecule has 1 heterocycles. The molecule has 1 aliphatic rings. The molecular weight excluding hydrogens is 299 g/mol. The van der Waals surface area contributed by atoms with E-state index >= 15 is 0 Å². The highest BCUT2D eigenvalue weighted by Gasteiger charge is 2.41. The molecular formula is C14H20ClFN2O3. The molecule has 1 aromatic rings. The van der Waals surface area contributed by atoms with Crippen molar-refractivity contribution in [2.45, 2.75) is 18.2 Å². The Hall–Kier alpha value is -1.37. The van der Waals surface area contributed by atoms with Gasteiger partial charge in [0, 0.05) is 19.5 Å². The van der Waals surface area contributed by atoms with Gasteiger partial charge in [-0.1, -0.05) is 12.1 Å². The molecule has 1 aliphatic heterocycles. The molecule has 0 saturated carbocycles. The van der Waals surface area contributed by atoms with Gasteiger partial charge in [0.25, 0.3) is 5.91 Å². The maximum absolute atomic E-state index is 14.1. The quantitative estimate of drug-likeness (QED) is 0.756. The van der Waals surface area contributed by atoms with Crippen molar-refractivity contribution in [1.29, 1.82) is 0 Å². The van der Waals surface area contributed by atoms with Crippen molar-refractivity contribution in [1.82, 2.24) is 10.6 Å². The molecule has 1 fully saturated rings. The SMILES string of the molecule is COc1ccc(C(O)CNC(=O)C2(F)CCNC2)cc1.Cl. The smallest absolute Gasteiger partial charge is 0.259 e. The summed E-state index contributed by atoms with van der Waals surface area (Å²) >= 11 is 0. The van der Waals surface area contributed by atoms with Crippen molar-refractivity contribution in [2.75, 3.05) is 26.7 Å². The molecule has 0 radical (unpaired) electrons. The first-order chi connectivity index (χ1) is 9.55. The zero-order chi connectivity index (χ0) is 14.6. The van der Waals surface area contributed by atoms with E-state index in [2.05, 4.69) is 10.6 Å². The van der Waals surface area contributed by atoms with Gasteiger partial charge in [-0.3, -0.25) is 4.79 Å². The topological polar surface area (TPSA) is 70.6 Å². The second-order valence-electron chi connectivity index (χ2n) is 4.89. The summed E-state index contributed by atoms with van der Waals surface area (Å²) in [7, 11) is 1.56. The molecule has 0 aromatic heterocycles. The Kier molecular flexibility index (Phi) is 6.39. The highest BCUT2D eigenvalue weighted by Crippen LogP contribution is 2.21. The second-order valence-corrected chi connectivity index (χ2v) is 4.89. The highest BCUT2D eigenvalue weighted by molar-refractivity contribution is 5.86. The summed E-state index contributed by atoms with van der Waals surface area (Å²) < 4.78 is 19.1. The molecule has 7 heteroatoms. The number of benzene rings is 1. The van der Waals surface area contributed by atoms with Crippen LogP contribution < -0.4 is 15.4 Å². The van der Waals surface area contributed by atoms with Crippen molar-refractivity contribution < 1.29 is 19.0 Å². The Bertz CT molecular complexity index is 464. The van der Waals surface area contributed by atoms with E-state index in [1.807, 2.05) is 0 Å². The number of aliphatic hydroxyl groups excluding tert-OH is 1. The summed E-state index contributed by atoms with van der Waals surface area (Å²) in [6.45, 7) is 0.499. The Morgan fingerprint density at radius 2 is 2.19 bits per heavy atom. The lowest BCUT2D eigenvalue weighted by molar-refractivity contribution is -0.132. The van der Waals surface area contributed by atoms with Crippen LogP contribution in [-0.4, -0.2) is 43.4 Å². The molecule has 5 nitrogen and oxygen atoms in total.